The summed E-state index contributed by atoms with van der Waals surface area (Å²) in [5, 5.41) is 4.58. The van der Waals surface area contributed by atoms with E-state index in [1.807, 2.05) is 0 Å². The zero-order chi connectivity index (χ0) is 24.3. The molecule has 2 aromatic rings. The fourth-order valence-corrected chi connectivity index (χ4v) is 4.16. The van der Waals surface area contributed by atoms with Crippen molar-refractivity contribution in [2.24, 2.45) is 11.0 Å². The van der Waals surface area contributed by atoms with Crippen LogP contribution in [0.25, 0.3) is 0 Å². The number of rotatable bonds is 5. The van der Waals surface area contributed by atoms with Crippen LogP contribution in [0.4, 0.5) is 0 Å². The Balaban J connectivity index is 0.000000968. The van der Waals surface area contributed by atoms with E-state index in [1.165, 1.54) is 19.4 Å². The lowest BCUT2D eigenvalue weighted by molar-refractivity contribution is -0.141. The predicted octanol–water partition coefficient (Wildman–Crippen LogP) is 4.35. The van der Waals surface area contributed by atoms with Crippen LogP contribution in [0.2, 0.25) is 10.0 Å². The van der Waals surface area contributed by atoms with E-state index in [9.17, 15) is 14.4 Å². The fourth-order valence-electron chi connectivity index (χ4n) is 3.87. The number of benzene rings is 2. The maximum Gasteiger partial charge on any atom is 0.262 e. The van der Waals surface area contributed by atoms with Crippen LogP contribution in [-0.2, 0) is 26.5 Å². The van der Waals surface area contributed by atoms with Gasteiger partial charge in [-0.3, -0.25) is 24.7 Å². The molecule has 7 nitrogen and oxygen atoms in total. The fraction of sp³-hybridized carbons (Fsp3) is 0.333. The van der Waals surface area contributed by atoms with E-state index in [1.54, 1.807) is 43.5 Å². The lowest BCUT2D eigenvalue weighted by atomic mass is 9.78. The van der Waals surface area contributed by atoms with Crippen LogP contribution in [0.1, 0.15) is 38.3 Å². The van der Waals surface area contributed by atoms with Gasteiger partial charge in [0.1, 0.15) is 17.4 Å². The summed E-state index contributed by atoms with van der Waals surface area (Å²) in [6.07, 6.45) is 1.25. The van der Waals surface area contributed by atoms with Crippen LogP contribution in [-0.4, -0.2) is 35.3 Å². The minimum Gasteiger partial charge on any atom is -0.497 e. The first kappa shape index (κ1) is 24.7. The second-order valence-electron chi connectivity index (χ2n) is 7.82. The molecule has 1 N–H and O–H groups in total. The molecule has 2 amide bonds. The Hall–Kier alpha value is -2.90. The molecule has 2 aliphatic heterocycles. The molecular formula is C24H25Cl2N3O4. The van der Waals surface area contributed by atoms with E-state index >= 15 is 0 Å². The third-order valence-corrected chi connectivity index (χ3v) is 6.13. The summed E-state index contributed by atoms with van der Waals surface area (Å²) in [6.45, 7) is 5.61. The van der Waals surface area contributed by atoms with Crippen molar-refractivity contribution in [1.29, 1.82) is 0 Å². The number of ketones is 1. The van der Waals surface area contributed by atoms with Gasteiger partial charge in [-0.05, 0) is 35.4 Å². The number of hydrazone groups is 1. The quantitative estimate of drug-likeness (QED) is 0.630. The highest BCUT2D eigenvalue weighted by molar-refractivity contribution is 6.46. The van der Waals surface area contributed by atoms with Crippen LogP contribution < -0.4 is 10.2 Å². The molecule has 0 aromatic heterocycles. The van der Waals surface area contributed by atoms with E-state index in [-0.39, 0.29) is 23.1 Å². The first-order valence-electron chi connectivity index (χ1n) is 10.5. The number of imide groups is 1. The van der Waals surface area contributed by atoms with Crippen LogP contribution in [0.5, 0.6) is 5.75 Å². The Bertz CT molecular complexity index is 1120. The highest BCUT2D eigenvalue weighted by Gasteiger charge is 2.65. The van der Waals surface area contributed by atoms with Crippen molar-refractivity contribution >= 4 is 46.5 Å². The van der Waals surface area contributed by atoms with Crippen molar-refractivity contribution in [3.05, 3.63) is 63.6 Å². The number of nitrogens with zero attached hydrogens (tertiary/aromatic N) is 2. The van der Waals surface area contributed by atoms with Crippen molar-refractivity contribution in [3.8, 4) is 5.75 Å². The molecule has 2 atom stereocenters. The minimum atomic E-state index is -1.54. The Labute approximate surface area is 202 Å². The van der Waals surface area contributed by atoms with Gasteiger partial charge in [-0.25, -0.2) is 0 Å². The monoisotopic (exact) mass is 489 g/mol. The molecule has 9 heteroatoms. The molecule has 1 saturated heterocycles. The van der Waals surface area contributed by atoms with Crippen molar-refractivity contribution in [3.63, 3.8) is 0 Å². The van der Waals surface area contributed by atoms with Crippen LogP contribution in [0, 0.1) is 5.92 Å². The molecule has 0 radical (unpaired) electrons. The van der Waals surface area contributed by atoms with Crippen molar-refractivity contribution < 1.29 is 19.1 Å². The lowest BCUT2D eigenvalue weighted by Gasteiger charge is -2.26. The summed E-state index contributed by atoms with van der Waals surface area (Å²) >= 11 is 12.2. The van der Waals surface area contributed by atoms with Gasteiger partial charge in [0.15, 0.2) is 11.3 Å². The van der Waals surface area contributed by atoms with Gasteiger partial charge >= 0.3 is 0 Å². The topological polar surface area (TPSA) is 88.1 Å². The molecule has 2 aliphatic rings. The number of carbonyl (C=O) groups is 3. The standard InChI is InChI=1S/C21H17Cl2N3O4.C3H8/c1-11(27)18-17-19(28)26(10-12-3-6-14(30-2)7-4-12)20(29)21(17,25-24-18)13-5-8-15(22)16(23)9-13;1-3-2/h3-9,17,25H,10H2,1-2H3;3H2,1-2H3. The van der Waals surface area contributed by atoms with Gasteiger partial charge < -0.3 is 4.74 Å². The van der Waals surface area contributed by atoms with E-state index < -0.39 is 23.3 Å². The van der Waals surface area contributed by atoms with Gasteiger partial charge in [0.05, 0.1) is 23.7 Å². The average molecular weight is 490 g/mol. The number of fused-ring (bicyclic) bond motifs is 1. The molecule has 0 spiro atoms. The Morgan fingerprint density at radius 3 is 2.30 bits per heavy atom. The number of hydrogen-bond acceptors (Lipinski definition) is 6. The zero-order valence-electron chi connectivity index (χ0n) is 18.8. The highest BCUT2D eigenvalue weighted by atomic mass is 35.5. The molecule has 0 bridgehead atoms. The third-order valence-electron chi connectivity index (χ3n) is 5.39. The normalized spacial score (nSPS) is 21.1. The summed E-state index contributed by atoms with van der Waals surface area (Å²) < 4.78 is 5.14. The molecular weight excluding hydrogens is 465 g/mol. The van der Waals surface area contributed by atoms with Crippen LogP contribution in [0.15, 0.2) is 47.6 Å². The highest BCUT2D eigenvalue weighted by Crippen LogP contribution is 2.45. The maximum atomic E-state index is 13.6. The second-order valence-corrected chi connectivity index (χ2v) is 8.63. The van der Waals surface area contributed by atoms with Crippen molar-refractivity contribution in [2.75, 3.05) is 7.11 Å². The van der Waals surface area contributed by atoms with E-state index in [4.69, 9.17) is 27.9 Å². The molecule has 174 valence electrons. The second kappa shape index (κ2) is 9.93. The Morgan fingerprint density at radius 2 is 1.76 bits per heavy atom. The number of methoxy groups -OCH3 is 1. The molecule has 0 saturated carbocycles. The Morgan fingerprint density at radius 1 is 1.12 bits per heavy atom. The SMILES string of the molecule is CCC.COc1ccc(CN2C(=O)C3C(C(C)=O)=NNC3(c3ccc(Cl)c(Cl)c3)C2=O)cc1. The molecule has 33 heavy (non-hydrogen) atoms. The smallest absolute Gasteiger partial charge is 0.262 e. The maximum absolute atomic E-state index is 13.6. The molecule has 2 aromatic carbocycles. The van der Waals surface area contributed by atoms with Crippen LogP contribution >= 0.6 is 23.2 Å². The summed E-state index contributed by atoms with van der Waals surface area (Å²) in [5.74, 6) is -1.82. The number of amides is 2. The van der Waals surface area contributed by atoms with E-state index in [0.717, 1.165) is 10.5 Å². The summed E-state index contributed by atoms with van der Waals surface area (Å²) in [6, 6.07) is 11.7. The Kier molecular flexibility index (Phi) is 7.44. The van der Waals surface area contributed by atoms with E-state index in [0.29, 0.717) is 16.3 Å². The molecule has 1 fully saturated rings. The van der Waals surface area contributed by atoms with Gasteiger partial charge in [0, 0.05) is 6.92 Å². The van der Waals surface area contributed by atoms with Crippen molar-refractivity contribution in [1.82, 2.24) is 10.3 Å². The van der Waals surface area contributed by atoms with Gasteiger partial charge in [-0.1, -0.05) is 61.7 Å². The first-order chi connectivity index (χ1) is 15.7. The summed E-state index contributed by atoms with van der Waals surface area (Å²) in [5.41, 5.74) is 2.40. The molecule has 2 unspecified atom stereocenters. The van der Waals surface area contributed by atoms with Gasteiger partial charge in [0.2, 0.25) is 5.91 Å². The van der Waals surface area contributed by atoms with E-state index in [2.05, 4.69) is 24.4 Å². The zero-order valence-corrected chi connectivity index (χ0v) is 20.3. The number of Topliss-reactive ketones (excluding diaryl/α,β-unsaturated/α-hetero) is 1. The van der Waals surface area contributed by atoms with Gasteiger partial charge in [-0.2, -0.15) is 5.10 Å². The number of ether oxygens (including phenoxy) is 1. The van der Waals surface area contributed by atoms with Gasteiger partial charge in [0.25, 0.3) is 5.91 Å². The number of halogens is 2. The lowest BCUT2D eigenvalue weighted by Crippen LogP contribution is -2.48. The third kappa shape index (κ3) is 4.35. The first-order valence-corrected chi connectivity index (χ1v) is 11.3. The van der Waals surface area contributed by atoms with Crippen LogP contribution in [0.3, 0.4) is 0 Å². The van der Waals surface area contributed by atoms with Crippen molar-refractivity contribution in [2.45, 2.75) is 39.3 Å². The largest absolute Gasteiger partial charge is 0.497 e. The summed E-state index contributed by atoms with van der Waals surface area (Å²) in [7, 11) is 1.55. The summed E-state index contributed by atoms with van der Waals surface area (Å²) in [4.78, 5) is 40.2. The predicted molar refractivity (Wildman–Crippen MR) is 127 cm³/mol. The minimum absolute atomic E-state index is 0.0108. The number of nitrogens with one attached hydrogen (secondary N) is 1. The molecule has 0 aliphatic carbocycles. The average Bonchev–Trinajstić information content (AvgIpc) is 3.29. The molecule has 2 heterocycles. The number of hydrogen-bond donors (Lipinski definition) is 1. The molecule has 4 rings (SSSR count). The number of carbonyl (C=O) groups excluding carboxylic acids is 3. The van der Waals surface area contributed by atoms with Gasteiger partial charge in [-0.15, -0.1) is 0 Å². The number of likely N-dealkylation sites (tertiary alicyclic amines) is 1.